The standard InChI is InChI=1S/C13H13N5/c1-17-13(14)8-11(16-17)10-4-2-3-5-12(10)18-7-6-15-9-18/h2-9H,14H2,1H3. The number of aryl methyl sites for hydroxylation is 1. The summed E-state index contributed by atoms with van der Waals surface area (Å²) in [5.74, 6) is 0.644. The molecule has 0 spiro atoms. The van der Waals surface area contributed by atoms with Crippen LogP contribution in [0.25, 0.3) is 16.9 Å². The maximum Gasteiger partial charge on any atom is 0.121 e. The van der Waals surface area contributed by atoms with E-state index in [-0.39, 0.29) is 0 Å². The molecule has 0 radical (unpaired) electrons. The van der Waals surface area contributed by atoms with Crippen molar-refractivity contribution in [2.75, 3.05) is 5.73 Å². The van der Waals surface area contributed by atoms with Gasteiger partial charge in [-0.3, -0.25) is 4.68 Å². The minimum Gasteiger partial charge on any atom is -0.384 e. The molecule has 2 aromatic heterocycles. The van der Waals surface area contributed by atoms with Crippen molar-refractivity contribution in [3.05, 3.63) is 49.1 Å². The van der Waals surface area contributed by atoms with Gasteiger partial charge in [0.25, 0.3) is 0 Å². The molecule has 3 aromatic rings. The summed E-state index contributed by atoms with van der Waals surface area (Å²) in [5.41, 5.74) is 8.75. The van der Waals surface area contributed by atoms with Crippen LogP contribution in [-0.2, 0) is 7.05 Å². The van der Waals surface area contributed by atoms with E-state index in [2.05, 4.69) is 10.1 Å². The van der Waals surface area contributed by atoms with Gasteiger partial charge in [-0.15, -0.1) is 0 Å². The maximum atomic E-state index is 5.83. The van der Waals surface area contributed by atoms with Gasteiger partial charge in [0.1, 0.15) is 5.82 Å². The lowest BCUT2D eigenvalue weighted by Gasteiger charge is -2.07. The maximum absolute atomic E-state index is 5.83. The van der Waals surface area contributed by atoms with E-state index in [0.29, 0.717) is 5.82 Å². The molecule has 0 aliphatic heterocycles. The minimum atomic E-state index is 0.644. The van der Waals surface area contributed by atoms with Crippen molar-refractivity contribution in [1.82, 2.24) is 19.3 Å². The molecule has 3 rings (SSSR count). The Morgan fingerprint density at radius 2 is 2.06 bits per heavy atom. The monoisotopic (exact) mass is 239 g/mol. The zero-order valence-corrected chi connectivity index (χ0v) is 9.99. The Balaban J connectivity index is 2.18. The van der Waals surface area contributed by atoms with Crippen LogP contribution in [0.15, 0.2) is 49.1 Å². The van der Waals surface area contributed by atoms with E-state index in [1.807, 2.05) is 48.1 Å². The number of hydrogen-bond acceptors (Lipinski definition) is 3. The first-order valence-corrected chi connectivity index (χ1v) is 5.63. The molecule has 0 fully saturated rings. The quantitative estimate of drug-likeness (QED) is 0.742. The fourth-order valence-corrected chi connectivity index (χ4v) is 1.93. The van der Waals surface area contributed by atoms with Gasteiger partial charge >= 0.3 is 0 Å². The zero-order chi connectivity index (χ0) is 12.5. The van der Waals surface area contributed by atoms with Gasteiger partial charge in [-0.25, -0.2) is 4.98 Å². The summed E-state index contributed by atoms with van der Waals surface area (Å²) in [4.78, 5) is 4.07. The molecule has 0 saturated heterocycles. The molecule has 1 aromatic carbocycles. The first-order chi connectivity index (χ1) is 8.75. The number of imidazole rings is 1. The average molecular weight is 239 g/mol. The average Bonchev–Trinajstić information content (AvgIpc) is 3.01. The van der Waals surface area contributed by atoms with Crippen LogP contribution < -0.4 is 5.73 Å². The largest absolute Gasteiger partial charge is 0.384 e. The third kappa shape index (κ3) is 1.66. The highest BCUT2D eigenvalue weighted by Gasteiger charge is 2.10. The van der Waals surface area contributed by atoms with E-state index in [9.17, 15) is 0 Å². The normalized spacial score (nSPS) is 10.7. The number of benzene rings is 1. The summed E-state index contributed by atoms with van der Waals surface area (Å²) in [7, 11) is 1.83. The Kier molecular flexibility index (Phi) is 2.37. The number of anilines is 1. The Morgan fingerprint density at radius 3 is 2.72 bits per heavy atom. The number of aromatic nitrogens is 4. The van der Waals surface area contributed by atoms with Crippen molar-refractivity contribution in [2.24, 2.45) is 7.05 Å². The Bertz CT molecular complexity index is 647. The highest BCUT2D eigenvalue weighted by atomic mass is 15.3. The van der Waals surface area contributed by atoms with E-state index >= 15 is 0 Å². The number of para-hydroxylation sites is 1. The molecule has 18 heavy (non-hydrogen) atoms. The van der Waals surface area contributed by atoms with Crippen molar-refractivity contribution in [3.63, 3.8) is 0 Å². The number of rotatable bonds is 2. The molecule has 90 valence electrons. The third-order valence-corrected chi connectivity index (χ3v) is 2.88. The van der Waals surface area contributed by atoms with Gasteiger partial charge in [-0.05, 0) is 6.07 Å². The molecule has 0 aliphatic carbocycles. The molecule has 2 N–H and O–H groups in total. The fraction of sp³-hybridized carbons (Fsp3) is 0.0769. The second-order valence-corrected chi connectivity index (χ2v) is 4.07. The summed E-state index contributed by atoms with van der Waals surface area (Å²) in [6.07, 6.45) is 5.43. The number of nitrogens with zero attached hydrogens (tertiary/aromatic N) is 4. The molecule has 0 unspecified atom stereocenters. The summed E-state index contributed by atoms with van der Waals surface area (Å²) < 4.78 is 3.63. The van der Waals surface area contributed by atoms with Crippen LogP contribution in [0, 0.1) is 0 Å². The molecule has 5 nitrogen and oxygen atoms in total. The van der Waals surface area contributed by atoms with Gasteiger partial charge in [0, 0.05) is 31.1 Å². The zero-order valence-electron chi connectivity index (χ0n) is 9.99. The van der Waals surface area contributed by atoms with Crippen molar-refractivity contribution >= 4 is 5.82 Å². The highest BCUT2D eigenvalue weighted by molar-refractivity contribution is 5.71. The lowest BCUT2D eigenvalue weighted by Crippen LogP contribution is -1.97. The lowest BCUT2D eigenvalue weighted by molar-refractivity contribution is 0.782. The van der Waals surface area contributed by atoms with Crippen LogP contribution in [0.5, 0.6) is 0 Å². The second-order valence-electron chi connectivity index (χ2n) is 4.07. The van der Waals surface area contributed by atoms with Gasteiger partial charge < -0.3 is 10.3 Å². The Hall–Kier alpha value is -2.56. The highest BCUT2D eigenvalue weighted by Crippen LogP contribution is 2.26. The molecule has 0 bridgehead atoms. The van der Waals surface area contributed by atoms with Crippen LogP contribution in [0.1, 0.15) is 0 Å². The van der Waals surface area contributed by atoms with Gasteiger partial charge in [0.15, 0.2) is 0 Å². The topological polar surface area (TPSA) is 61.7 Å². The van der Waals surface area contributed by atoms with Gasteiger partial charge in [-0.1, -0.05) is 18.2 Å². The molecule has 0 atom stereocenters. The summed E-state index contributed by atoms with van der Waals surface area (Å²) in [5, 5.41) is 4.41. The van der Waals surface area contributed by atoms with Crippen LogP contribution in [-0.4, -0.2) is 19.3 Å². The Labute approximate surface area is 104 Å². The van der Waals surface area contributed by atoms with E-state index < -0.39 is 0 Å². The van der Waals surface area contributed by atoms with E-state index in [1.165, 1.54) is 0 Å². The smallest absolute Gasteiger partial charge is 0.121 e. The molecule has 0 saturated carbocycles. The third-order valence-electron chi connectivity index (χ3n) is 2.88. The summed E-state index contributed by atoms with van der Waals surface area (Å²) >= 11 is 0. The minimum absolute atomic E-state index is 0.644. The molecule has 0 aliphatic rings. The predicted octanol–water partition coefficient (Wildman–Crippen LogP) is 1.85. The molecule has 2 heterocycles. The van der Waals surface area contributed by atoms with Gasteiger partial charge in [0.05, 0.1) is 17.7 Å². The Morgan fingerprint density at radius 1 is 1.22 bits per heavy atom. The van der Waals surface area contributed by atoms with Crippen molar-refractivity contribution in [3.8, 4) is 16.9 Å². The molecular weight excluding hydrogens is 226 g/mol. The predicted molar refractivity (Wildman–Crippen MR) is 70.2 cm³/mol. The summed E-state index contributed by atoms with van der Waals surface area (Å²) in [6, 6.07) is 9.90. The summed E-state index contributed by atoms with van der Waals surface area (Å²) in [6.45, 7) is 0. The SMILES string of the molecule is Cn1nc(-c2ccccc2-n2ccnc2)cc1N. The van der Waals surface area contributed by atoms with Crippen LogP contribution >= 0.6 is 0 Å². The first kappa shape index (κ1) is 10.6. The van der Waals surface area contributed by atoms with Crippen LogP contribution in [0.4, 0.5) is 5.82 Å². The van der Waals surface area contributed by atoms with Crippen molar-refractivity contribution in [1.29, 1.82) is 0 Å². The van der Waals surface area contributed by atoms with E-state index in [1.54, 1.807) is 17.2 Å². The van der Waals surface area contributed by atoms with Crippen molar-refractivity contribution in [2.45, 2.75) is 0 Å². The van der Waals surface area contributed by atoms with Crippen LogP contribution in [0.3, 0.4) is 0 Å². The molecular formula is C13H13N5. The first-order valence-electron chi connectivity index (χ1n) is 5.63. The number of hydrogen-bond donors (Lipinski definition) is 1. The van der Waals surface area contributed by atoms with E-state index in [0.717, 1.165) is 16.9 Å². The molecule has 5 heteroatoms. The molecule has 0 amide bonds. The number of nitrogen functional groups attached to an aromatic ring is 1. The van der Waals surface area contributed by atoms with Gasteiger partial charge in [-0.2, -0.15) is 5.10 Å². The lowest BCUT2D eigenvalue weighted by atomic mass is 10.1. The van der Waals surface area contributed by atoms with E-state index in [4.69, 9.17) is 5.73 Å². The fourth-order valence-electron chi connectivity index (χ4n) is 1.93. The van der Waals surface area contributed by atoms with Crippen molar-refractivity contribution < 1.29 is 0 Å². The number of nitrogens with two attached hydrogens (primary N) is 1. The van der Waals surface area contributed by atoms with Crippen LogP contribution in [0.2, 0.25) is 0 Å². The van der Waals surface area contributed by atoms with Gasteiger partial charge in [0.2, 0.25) is 0 Å². The second kappa shape index (κ2) is 4.03.